The fourth-order valence-electron chi connectivity index (χ4n) is 1.18. The molecule has 0 unspecified atom stereocenters. The van der Waals surface area contributed by atoms with Gasteiger partial charge in [0, 0.05) is 6.42 Å². The van der Waals surface area contributed by atoms with Crippen LogP contribution in [-0.2, 0) is 21.1 Å². The molecule has 0 heterocycles. The monoisotopic (exact) mass is 246 g/mol. The van der Waals surface area contributed by atoms with E-state index in [1.807, 2.05) is 0 Å². The number of alkyl halides is 1. The second-order valence-electron chi connectivity index (χ2n) is 3.26. The number of carbonyl (C=O) groups is 1. The number of aryl methyl sites for hydroxylation is 1. The molecule has 1 rings (SSSR count). The standard InChI is InChI=1S/C10H11FO4S/c11-7-16(14,15)9-4-1-8(2-5-9)3-6-10(12)13/h1-2,4-5H,3,6-7H2,(H,12,13). The Hall–Kier alpha value is -1.43. The SMILES string of the molecule is O=C(O)CCc1ccc(S(=O)(=O)CF)cc1. The first-order valence-electron chi connectivity index (χ1n) is 4.55. The number of carboxylic acid groups (broad SMARTS) is 1. The molecule has 0 atom stereocenters. The van der Waals surface area contributed by atoms with Gasteiger partial charge in [-0.15, -0.1) is 0 Å². The number of hydrogen-bond donors (Lipinski definition) is 1. The van der Waals surface area contributed by atoms with Crippen molar-refractivity contribution in [2.45, 2.75) is 17.7 Å². The second kappa shape index (κ2) is 5.07. The highest BCUT2D eigenvalue weighted by Gasteiger charge is 2.13. The van der Waals surface area contributed by atoms with Crippen LogP contribution in [0.25, 0.3) is 0 Å². The van der Waals surface area contributed by atoms with Gasteiger partial charge in [-0.05, 0) is 24.1 Å². The van der Waals surface area contributed by atoms with Crippen molar-refractivity contribution < 1.29 is 22.7 Å². The summed E-state index contributed by atoms with van der Waals surface area (Å²) in [5.74, 6) is -0.916. The number of hydrogen-bond acceptors (Lipinski definition) is 3. The maximum absolute atomic E-state index is 12.1. The normalized spacial score (nSPS) is 11.3. The summed E-state index contributed by atoms with van der Waals surface area (Å²) >= 11 is 0. The molecule has 0 aliphatic heterocycles. The molecule has 0 bridgehead atoms. The average Bonchev–Trinajstić information content (AvgIpc) is 2.27. The first kappa shape index (κ1) is 12.6. The summed E-state index contributed by atoms with van der Waals surface area (Å²) in [5, 5.41) is 8.45. The van der Waals surface area contributed by atoms with E-state index in [0.717, 1.165) is 0 Å². The highest BCUT2D eigenvalue weighted by molar-refractivity contribution is 7.91. The van der Waals surface area contributed by atoms with Crippen LogP contribution in [0.5, 0.6) is 0 Å². The lowest BCUT2D eigenvalue weighted by Crippen LogP contribution is -2.03. The molecule has 88 valence electrons. The van der Waals surface area contributed by atoms with E-state index in [1.54, 1.807) is 0 Å². The zero-order chi connectivity index (χ0) is 12.2. The maximum Gasteiger partial charge on any atom is 0.303 e. The van der Waals surface area contributed by atoms with Crippen molar-refractivity contribution in [1.29, 1.82) is 0 Å². The summed E-state index contributed by atoms with van der Waals surface area (Å²) in [6, 6.07) is 4.12. The van der Waals surface area contributed by atoms with Crippen LogP contribution in [0.1, 0.15) is 12.0 Å². The van der Waals surface area contributed by atoms with Crippen molar-refractivity contribution in [2.24, 2.45) is 0 Å². The molecule has 0 aromatic heterocycles. The molecular formula is C10H11FO4S. The predicted molar refractivity (Wildman–Crippen MR) is 55.6 cm³/mol. The molecule has 1 aromatic rings. The van der Waals surface area contributed by atoms with Crippen molar-refractivity contribution in [3.8, 4) is 0 Å². The molecule has 0 saturated heterocycles. The molecule has 0 radical (unpaired) electrons. The Kier molecular flexibility index (Phi) is 4.00. The van der Waals surface area contributed by atoms with Crippen molar-refractivity contribution in [2.75, 3.05) is 6.01 Å². The van der Waals surface area contributed by atoms with Gasteiger partial charge in [-0.2, -0.15) is 0 Å². The minimum atomic E-state index is -3.83. The number of rotatable bonds is 5. The molecule has 1 N–H and O–H groups in total. The molecule has 6 heteroatoms. The zero-order valence-electron chi connectivity index (χ0n) is 8.39. The first-order valence-corrected chi connectivity index (χ1v) is 6.20. The van der Waals surface area contributed by atoms with E-state index in [0.29, 0.717) is 12.0 Å². The molecule has 16 heavy (non-hydrogen) atoms. The van der Waals surface area contributed by atoms with Gasteiger partial charge in [0.1, 0.15) is 0 Å². The fraction of sp³-hybridized carbons (Fsp3) is 0.300. The summed E-state index contributed by atoms with van der Waals surface area (Å²) in [7, 11) is -3.83. The van der Waals surface area contributed by atoms with Gasteiger partial charge in [-0.1, -0.05) is 12.1 Å². The van der Waals surface area contributed by atoms with Gasteiger partial charge in [0.25, 0.3) is 0 Å². The molecule has 4 nitrogen and oxygen atoms in total. The van der Waals surface area contributed by atoms with Gasteiger partial charge >= 0.3 is 5.97 Å². The molecule has 0 saturated carbocycles. The third-order valence-corrected chi connectivity index (χ3v) is 3.33. The second-order valence-corrected chi connectivity index (χ2v) is 5.18. The Bertz CT molecular complexity index is 464. The van der Waals surface area contributed by atoms with Crippen LogP contribution in [0.3, 0.4) is 0 Å². The van der Waals surface area contributed by atoms with E-state index in [1.165, 1.54) is 24.3 Å². The summed E-state index contributed by atoms with van der Waals surface area (Å²) in [5.41, 5.74) is 0.709. The lowest BCUT2D eigenvalue weighted by molar-refractivity contribution is -0.136. The minimum Gasteiger partial charge on any atom is -0.481 e. The highest BCUT2D eigenvalue weighted by Crippen LogP contribution is 2.13. The van der Waals surface area contributed by atoms with Crippen LogP contribution in [-0.4, -0.2) is 25.5 Å². The summed E-state index contributed by atoms with van der Waals surface area (Å²) in [6.07, 6.45) is 0.306. The van der Waals surface area contributed by atoms with E-state index in [4.69, 9.17) is 5.11 Å². The topological polar surface area (TPSA) is 71.4 Å². The van der Waals surface area contributed by atoms with Crippen LogP contribution in [0.4, 0.5) is 4.39 Å². The molecule has 0 aliphatic carbocycles. The lowest BCUT2D eigenvalue weighted by Gasteiger charge is -2.02. The Morgan fingerprint density at radius 3 is 2.25 bits per heavy atom. The fourth-order valence-corrected chi connectivity index (χ4v) is 1.85. The van der Waals surface area contributed by atoms with E-state index in [2.05, 4.69) is 0 Å². The highest BCUT2D eigenvalue weighted by atomic mass is 32.2. The smallest absolute Gasteiger partial charge is 0.303 e. The summed E-state index contributed by atoms with van der Waals surface area (Å²) in [4.78, 5) is 10.2. The predicted octanol–water partition coefficient (Wildman–Crippen LogP) is 1.40. The van der Waals surface area contributed by atoms with Gasteiger partial charge in [0.2, 0.25) is 9.84 Å². The third-order valence-electron chi connectivity index (χ3n) is 2.05. The largest absolute Gasteiger partial charge is 0.481 e. The minimum absolute atomic E-state index is 0.0186. The average molecular weight is 246 g/mol. The molecule has 1 aromatic carbocycles. The number of benzene rings is 1. The van der Waals surface area contributed by atoms with E-state index in [-0.39, 0.29) is 11.3 Å². The number of halogens is 1. The first-order chi connectivity index (χ1) is 7.45. The lowest BCUT2D eigenvalue weighted by atomic mass is 10.1. The van der Waals surface area contributed by atoms with Gasteiger partial charge in [0.15, 0.2) is 6.01 Å². The van der Waals surface area contributed by atoms with Gasteiger partial charge in [0.05, 0.1) is 4.90 Å². The molecule has 0 spiro atoms. The quantitative estimate of drug-likeness (QED) is 0.852. The molecule has 0 fully saturated rings. The van der Waals surface area contributed by atoms with Crippen molar-refractivity contribution in [3.63, 3.8) is 0 Å². The Morgan fingerprint density at radius 1 is 1.25 bits per heavy atom. The van der Waals surface area contributed by atoms with Crippen LogP contribution in [0.15, 0.2) is 29.2 Å². The van der Waals surface area contributed by atoms with Crippen LogP contribution in [0.2, 0.25) is 0 Å². The van der Waals surface area contributed by atoms with E-state index >= 15 is 0 Å². The van der Waals surface area contributed by atoms with E-state index in [9.17, 15) is 17.6 Å². The Balaban J connectivity index is 2.80. The van der Waals surface area contributed by atoms with Crippen molar-refractivity contribution in [1.82, 2.24) is 0 Å². The van der Waals surface area contributed by atoms with Crippen molar-refractivity contribution >= 4 is 15.8 Å². The Labute approximate surface area is 92.6 Å². The number of sulfone groups is 1. The molecule has 0 aliphatic rings. The van der Waals surface area contributed by atoms with Crippen LogP contribution in [0, 0.1) is 0 Å². The molecule has 0 amide bonds. The number of carboxylic acids is 1. The zero-order valence-corrected chi connectivity index (χ0v) is 9.21. The Morgan fingerprint density at radius 2 is 1.81 bits per heavy atom. The summed E-state index contributed by atoms with van der Waals surface area (Å²) in [6.45, 7) is 0. The van der Waals surface area contributed by atoms with Gasteiger partial charge < -0.3 is 5.11 Å². The van der Waals surface area contributed by atoms with Crippen molar-refractivity contribution in [3.05, 3.63) is 29.8 Å². The van der Waals surface area contributed by atoms with Crippen LogP contribution >= 0.6 is 0 Å². The van der Waals surface area contributed by atoms with Crippen LogP contribution < -0.4 is 0 Å². The molecular weight excluding hydrogens is 235 g/mol. The van der Waals surface area contributed by atoms with Gasteiger partial charge in [-0.25, -0.2) is 12.8 Å². The van der Waals surface area contributed by atoms with E-state index < -0.39 is 21.8 Å². The third kappa shape index (κ3) is 3.30. The summed E-state index contributed by atoms with van der Waals surface area (Å²) < 4.78 is 34.4. The number of aliphatic carboxylic acids is 1. The maximum atomic E-state index is 12.1. The van der Waals surface area contributed by atoms with Gasteiger partial charge in [-0.3, -0.25) is 4.79 Å².